The quantitative estimate of drug-likeness (QED) is 0.790. The van der Waals surface area contributed by atoms with Gasteiger partial charge in [0.2, 0.25) is 0 Å². The van der Waals surface area contributed by atoms with Gasteiger partial charge in [0, 0.05) is 18.4 Å². The van der Waals surface area contributed by atoms with Gasteiger partial charge in [0.05, 0.1) is 5.69 Å². The molecule has 0 bridgehead atoms. The highest BCUT2D eigenvalue weighted by Crippen LogP contribution is 2.36. The van der Waals surface area contributed by atoms with Crippen LogP contribution in [0.1, 0.15) is 30.1 Å². The average Bonchev–Trinajstić information content (AvgIpc) is 2.97. The summed E-state index contributed by atoms with van der Waals surface area (Å²) in [6.45, 7) is 2.15. The van der Waals surface area contributed by atoms with E-state index >= 15 is 0 Å². The molecule has 0 spiro atoms. The second-order valence-corrected chi connectivity index (χ2v) is 3.88. The molecule has 80 valence electrons. The van der Waals surface area contributed by atoms with Crippen LogP contribution in [0, 0.1) is 5.92 Å². The normalized spacial score (nSPS) is 23.5. The number of carboxylic acid groups (broad SMARTS) is 1. The largest absolute Gasteiger partial charge is 0.478 e. The summed E-state index contributed by atoms with van der Waals surface area (Å²) in [7, 11) is 0. The molecular weight excluding hydrogens is 192 g/mol. The van der Waals surface area contributed by atoms with Crippen LogP contribution < -0.4 is 5.32 Å². The maximum absolute atomic E-state index is 10.9. The summed E-state index contributed by atoms with van der Waals surface area (Å²) in [6, 6.07) is 2.16. The molecule has 0 aliphatic heterocycles. The Morgan fingerprint density at radius 3 is 3.13 bits per heavy atom. The summed E-state index contributed by atoms with van der Waals surface area (Å²) in [4.78, 5) is 14.7. The van der Waals surface area contributed by atoms with E-state index < -0.39 is 5.97 Å². The Labute approximate surface area is 88.3 Å². The van der Waals surface area contributed by atoms with E-state index in [4.69, 9.17) is 5.11 Å². The number of nitrogens with one attached hydrogen (secondary N) is 1. The highest BCUT2D eigenvalue weighted by atomic mass is 16.4. The minimum absolute atomic E-state index is 0.249. The minimum Gasteiger partial charge on any atom is -0.478 e. The molecule has 0 radical (unpaired) electrons. The predicted octanol–water partition coefficient (Wildman–Crippen LogP) is 1.99. The number of pyridine rings is 1. The number of rotatable bonds is 4. The van der Waals surface area contributed by atoms with Crippen LogP contribution in [0.2, 0.25) is 0 Å². The highest BCUT2D eigenvalue weighted by molar-refractivity contribution is 5.93. The molecule has 1 aromatic heterocycles. The summed E-state index contributed by atoms with van der Waals surface area (Å²) in [6.07, 6.45) is 5.27. The lowest BCUT2D eigenvalue weighted by Crippen LogP contribution is -2.09. The van der Waals surface area contributed by atoms with E-state index in [1.807, 2.05) is 0 Å². The number of hydrogen-bond donors (Lipinski definition) is 2. The number of hydrogen-bond acceptors (Lipinski definition) is 3. The fourth-order valence-electron chi connectivity index (χ4n) is 1.77. The van der Waals surface area contributed by atoms with Crippen LogP contribution in [0.15, 0.2) is 18.5 Å². The Bertz CT molecular complexity index is 379. The van der Waals surface area contributed by atoms with E-state index in [-0.39, 0.29) is 5.56 Å². The first-order valence-electron chi connectivity index (χ1n) is 5.16. The molecule has 4 nitrogen and oxygen atoms in total. The molecule has 1 heterocycles. The highest BCUT2D eigenvalue weighted by Gasteiger charge is 2.35. The van der Waals surface area contributed by atoms with Gasteiger partial charge in [-0.05, 0) is 18.4 Å². The summed E-state index contributed by atoms with van der Waals surface area (Å²) in [5.74, 6) is -0.237. The maximum atomic E-state index is 10.9. The van der Waals surface area contributed by atoms with E-state index in [9.17, 15) is 4.79 Å². The molecule has 1 aliphatic rings. The van der Waals surface area contributed by atoms with Gasteiger partial charge in [-0.1, -0.05) is 13.3 Å². The molecule has 0 amide bonds. The third-order valence-corrected chi connectivity index (χ3v) is 2.84. The number of carbonyl (C=O) groups is 1. The summed E-state index contributed by atoms with van der Waals surface area (Å²) in [5.41, 5.74) is 0.928. The smallest absolute Gasteiger partial charge is 0.339 e. The first-order valence-corrected chi connectivity index (χ1v) is 5.16. The number of nitrogens with zero attached hydrogens (tertiary/aromatic N) is 1. The second-order valence-electron chi connectivity index (χ2n) is 3.88. The number of carboxylic acids is 1. The van der Waals surface area contributed by atoms with Crippen LogP contribution in [0.3, 0.4) is 0 Å². The fourth-order valence-corrected chi connectivity index (χ4v) is 1.77. The standard InChI is InChI=1S/C11H14N2O2/c1-2-7-5-10(7)13-9-3-4-12-6-8(9)11(14)15/h3-4,6-7,10H,2,5H2,1H3,(H,12,13)(H,14,15). The third kappa shape index (κ3) is 2.09. The Morgan fingerprint density at radius 2 is 2.53 bits per heavy atom. The van der Waals surface area contributed by atoms with Crippen LogP contribution >= 0.6 is 0 Å². The van der Waals surface area contributed by atoms with Gasteiger partial charge < -0.3 is 10.4 Å². The van der Waals surface area contributed by atoms with Gasteiger partial charge in [0.15, 0.2) is 0 Å². The van der Waals surface area contributed by atoms with Crippen LogP contribution in [-0.4, -0.2) is 22.1 Å². The van der Waals surface area contributed by atoms with Crippen LogP contribution in [0.5, 0.6) is 0 Å². The molecule has 1 aromatic rings. The zero-order chi connectivity index (χ0) is 10.8. The lowest BCUT2D eigenvalue weighted by atomic mass is 10.2. The van der Waals surface area contributed by atoms with Gasteiger partial charge in [-0.15, -0.1) is 0 Å². The van der Waals surface area contributed by atoms with Gasteiger partial charge in [-0.2, -0.15) is 0 Å². The molecule has 1 fully saturated rings. The Kier molecular flexibility index (Phi) is 2.58. The van der Waals surface area contributed by atoms with Crippen LogP contribution in [0.4, 0.5) is 5.69 Å². The van der Waals surface area contributed by atoms with E-state index in [0.717, 1.165) is 12.8 Å². The molecular formula is C11H14N2O2. The number of aromatic carboxylic acids is 1. The molecule has 2 rings (SSSR count). The third-order valence-electron chi connectivity index (χ3n) is 2.84. The zero-order valence-electron chi connectivity index (χ0n) is 8.60. The van der Waals surface area contributed by atoms with Crippen molar-refractivity contribution in [2.75, 3.05) is 5.32 Å². The van der Waals surface area contributed by atoms with Gasteiger partial charge in [0.25, 0.3) is 0 Å². The molecule has 2 atom stereocenters. The van der Waals surface area contributed by atoms with E-state index in [1.165, 1.54) is 6.20 Å². The topological polar surface area (TPSA) is 62.2 Å². The Morgan fingerprint density at radius 1 is 1.73 bits per heavy atom. The Balaban J connectivity index is 2.11. The van der Waals surface area contributed by atoms with Gasteiger partial charge in [-0.3, -0.25) is 4.98 Å². The zero-order valence-corrected chi connectivity index (χ0v) is 8.60. The van der Waals surface area contributed by atoms with Crippen molar-refractivity contribution < 1.29 is 9.90 Å². The van der Waals surface area contributed by atoms with Crippen molar-refractivity contribution in [2.45, 2.75) is 25.8 Å². The molecule has 2 N–H and O–H groups in total. The van der Waals surface area contributed by atoms with Gasteiger partial charge in [0.1, 0.15) is 5.56 Å². The first-order chi connectivity index (χ1) is 7.22. The molecule has 0 saturated heterocycles. The Hall–Kier alpha value is -1.58. The number of aromatic nitrogens is 1. The van der Waals surface area contributed by atoms with Crippen molar-refractivity contribution >= 4 is 11.7 Å². The van der Waals surface area contributed by atoms with Crippen molar-refractivity contribution in [2.24, 2.45) is 5.92 Å². The van der Waals surface area contributed by atoms with Crippen molar-refractivity contribution in [3.63, 3.8) is 0 Å². The maximum Gasteiger partial charge on any atom is 0.339 e. The fraction of sp³-hybridized carbons (Fsp3) is 0.455. The molecule has 4 heteroatoms. The summed E-state index contributed by atoms with van der Waals surface area (Å²) >= 11 is 0. The van der Waals surface area contributed by atoms with E-state index in [0.29, 0.717) is 17.6 Å². The summed E-state index contributed by atoms with van der Waals surface area (Å²) < 4.78 is 0. The minimum atomic E-state index is -0.931. The molecule has 0 aromatic carbocycles. The van der Waals surface area contributed by atoms with Crippen molar-refractivity contribution in [1.29, 1.82) is 0 Å². The first kappa shape index (κ1) is 9.96. The van der Waals surface area contributed by atoms with E-state index in [2.05, 4.69) is 17.2 Å². The lowest BCUT2D eigenvalue weighted by molar-refractivity contribution is 0.0697. The van der Waals surface area contributed by atoms with Gasteiger partial charge in [-0.25, -0.2) is 4.79 Å². The van der Waals surface area contributed by atoms with Crippen molar-refractivity contribution in [3.05, 3.63) is 24.0 Å². The predicted molar refractivity (Wildman–Crippen MR) is 57.0 cm³/mol. The number of anilines is 1. The molecule has 2 unspecified atom stereocenters. The van der Waals surface area contributed by atoms with E-state index in [1.54, 1.807) is 12.3 Å². The van der Waals surface area contributed by atoms with Crippen molar-refractivity contribution in [3.8, 4) is 0 Å². The SMILES string of the molecule is CCC1CC1Nc1ccncc1C(=O)O. The molecule has 1 aliphatic carbocycles. The average molecular weight is 206 g/mol. The molecule has 15 heavy (non-hydrogen) atoms. The monoisotopic (exact) mass is 206 g/mol. The lowest BCUT2D eigenvalue weighted by Gasteiger charge is -2.07. The summed E-state index contributed by atoms with van der Waals surface area (Å²) in [5, 5.41) is 12.2. The van der Waals surface area contributed by atoms with Crippen LogP contribution in [-0.2, 0) is 0 Å². The van der Waals surface area contributed by atoms with Crippen molar-refractivity contribution in [1.82, 2.24) is 4.98 Å². The van der Waals surface area contributed by atoms with Crippen LogP contribution in [0.25, 0.3) is 0 Å². The van der Waals surface area contributed by atoms with Gasteiger partial charge >= 0.3 is 5.97 Å². The second kappa shape index (κ2) is 3.88. The molecule has 1 saturated carbocycles.